The molecular weight excluding hydrogens is 200 g/mol. The predicted octanol–water partition coefficient (Wildman–Crippen LogP) is 2.66. The lowest BCUT2D eigenvalue weighted by Crippen LogP contribution is -2.07. The van der Waals surface area contributed by atoms with Crippen LogP contribution in [-0.2, 0) is 6.42 Å². The van der Waals surface area contributed by atoms with Crippen LogP contribution in [0.2, 0.25) is 0 Å². The Labute approximate surface area is 95.5 Å². The number of hydrogen-bond donors (Lipinski definition) is 2. The van der Waals surface area contributed by atoms with Crippen molar-refractivity contribution in [3.63, 3.8) is 0 Å². The lowest BCUT2D eigenvalue weighted by molar-refractivity contribution is 0.153. The van der Waals surface area contributed by atoms with E-state index in [-0.39, 0.29) is 6.10 Å². The maximum absolute atomic E-state index is 9.66. The van der Waals surface area contributed by atoms with Crippen molar-refractivity contribution in [2.24, 2.45) is 0 Å². The minimum Gasteiger partial charge on any atom is -0.393 e. The lowest BCUT2D eigenvalue weighted by atomic mass is 10.1. The molecule has 0 aliphatic heterocycles. The number of pyridine rings is 1. The maximum Gasteiger partial charge on any atom is 0.0543 e. The lowest BCUT2D eigenvalue weighted by Gasteiger charge is -2.07. The summed E-state index contributed by atoms with van der Waals surface area (Å²) in [6, 6.07) is 4.09. The number of fused-ring (bicyclic) bond motifs is 1. The van der Waals surface area contributed by atoms with Gasteiger partial charge in [0.2, 0.25) is 0 Å². The maximum atomic E-state index is 9.66. The van der Waals surface area contributed by atoms with Crippen LogP contribution in [0.5, 0.6) is 0 Å². The quantitative estimate of drug-likeness (QED) is 0.810. The Morgan fingerprint density at radius 1 is 1.44 bits per heavy atom. The van der Waals surface area contributed by atoms with Gasteiger partial charge >= 0.3 is 0 Å². The molecule has 0 radical (unpaired) electrons. The Bertz CT molecular complexity index is 417. The van der Waals surface area contributed by atoms with E-state index in [9.17, 15) is 5.11 Å². The molecule has 3 nitrogen and oxygen atoms in total. The van der Waals surface area contributed by atoms with Gasteiger partial charge in [0.1, 0.15) is 0 Å². The summed E-state index contributed by atoms with van der Waals surface area (Å²) in [7, 11) is 0. The minimum atomic E-state index is -0.172. The third-order valence-corrected chi connectivity index (χ3v) is 2.85. The zero-order chi connectivity index (χ0) is 11.4. The first-order valence-electron chi connectivity index (χ1n) is 5.89. The van der Waals surface area contributed by atoms with Crippen LogP contribution in [0, 0.1) is 0 Å². The number of aliphatic hydroxyl groups excluding tert-OH is 1. The van der Waals surface area contributed by atoms with Gasteiger partial charge in [-0.25, -0.2) is 0 Å². The molecule has 2 aromatic rings. The predicted molar refractivity (Wildman–Crippen MR) is 65.3 cm³/mol. The molecule has 3 heteroatoms. The van der Waals surface area contributed by atoms with E-state index in [2.05, 4.69) is 23.0 Å². The largest absolute Gasteiger partial charge is 0.393 e. The van der Waals surface area contributed by atoms with Gasteiger partial charge in [-0.05, 0) is 31.4 Å². The van der Waals surface area contributed by atoms with Crippen molar-refractivity contribution >= 4 is 10.9 Å². The summed E-state index contributed by atoms with van der Waals surface area (Å²) in [4.78, 5) is 7.42. The van der Waals surface area contributed by atoms with Crippen LogP contribution in [0.4, 0.5) is 0 Å². The van der Waals surface area contributed by atoms with Crippen molar-refractivity contribution in [2.75, 3.05) is 0 Å². The van der Waals surface area contributed by atoms with Crippen LogP contribution in [0.15, 0.2) is 24.5 Å². The monoisotopic (exact) mass is 218 g/mol. The van der Waals surface area contributed by atoms with Crippen LogP contribution in [0.1, 0.15) is 31.9 Å². The number of hydrogen-bond acceptors (Lipinski definition) is 2. The number of aromatic nitrogens is 2. The van der Waals surface area contributed by atoms with E-state index in [1.807, 2.05) is 12.3 Å². The first kappa shape index (κ1) is 11.1. The molecule has 2 aromatic heterocycles. The highest BCUT2D eigenvalue weighted by Crippen LogP contribution is 2.15. The van der Waals surface area contributed by atoms with Crippen molar-refractivity contribution in [2.45, 2.75) is 38.7 Å². The third-order valence-electron chi connectivity index (χ3n) is 2.85. The number of nitrogens with zero attached hydrogens (tertiary/aromatic N) is 1. The molecule has 0 fully saturated rings. The van der Waals surface area contributed by atoms with E-state index < -0.39 is 0 Å². The Morgan fingerprint density at radius 2 is 2.31 bits per heavy atom. The molecule has 2 heterocycles. The van der Waals surface area contributed by atoms with E-state index in [4.69, 9.17) is 0 Å². The van der Waals surface area contributed by atoms with E-state index in [1.165, 1.54) is 5.69 Å². The first-order valence-corrected chi connectivity index (χ1v) is 5.89. The Morgan fingerprint density at radius 3 is 3.06 bits per heavy atom. The van der Waals surface area contributed by atoms with Crippen LogP contribution in [-0.4, -0.2) is 21.2 Å². The smallest absolute Gasteiger partial charge is 0.0543 e. The van der Waals surface area contributed by atoms with Crippen molar-refractivity contribution in [3.8, 4) is 0 Å². The van der Waals surface area contributed by atoms with Gasteiger partial charge in [-0.3, -0.25) is 4.98 Å². The molecule has 16 heavy (non-hydrogen) atoms. The Kier molecular flexibility index (Phi) is 3.57. The molecule has 1 unspecified atom stereocenters. The second kappa shape index (κ2) is 5.12. The molecule has 0 aliphatic rings. The molecule has 0 amide bonds. The fourth-order valence-electron chi connectivity index (χ4n) is 1.97. The normalized spacial score (nSPS) is 13.1. The van der Waals surface area contributed by atoms with Crippen molar-refractivity contribution in [3.05, 3.63) is 30.2 Å². The molecular formula is C13H18N2O. The summed E-state index contributed by atoms with van der Waals surface area (Å²) in [5.74, 6) is 0. The first-order chi connectivity index (χ1) is 7.79. The van der Waals surface area contributed by atoms with Crippen LogP contribution in [0.3, 0.4) is 0 Å². The van der Waals surface area contributed by atoms with Gasteiger partial charge < -0.3 is 10.1 Å². The van der Waals surface area contributed by atoms with Crippen molar-refractivity contribution < 1.29 is 5.11 Å². The van der Waals surface area contributed by atoms with Gasteiger partial charge in [0.05, 0.1) is 6.10 Å². The van der Waals surface area contributed by atoms with E-state index in [0.717, 1.165) is 36.6 Å². The van der Waals surface area contributed by atoms with Crippen molar-refractivity contribution in [1.29, 1.82) is 0 Å². The molecule has 0 aliphatic carbocycles. The van der Waals surface area contributed by atoms with Gasteiger partial charge in [0, 0.05) is 29.0 Å². The highest BCUT2D eigenvalue weighted by atomic mass is 16.3. The average molecular weight is 218 g/mol. The van der Waals surface area contributed by atoms with Gasteiger partial charge in [-0.1, -0.05) is 13.3 Å². The van der Waals surface area contributed by atoms with E-state index >= 15 is 0 Å². The number of aryl methyl sites for hydroxylation is 1. The summed E-state index contributed by atoms with van der Waals surface area (Å²) in [5, 5.41) is 10.8. The number of nitrogens with one attached hydrogen (secondary N) is 1. The highest BCUT2D eigenvalue weighted by Gasteiger charge is 2.05. The van der Waals surface area contributed by atoms with Gasteiger partial charge in [-0.2, -0.15) is 0 Å². The minimum absolute atomic E-state index is 0.172. The molecule has 0 spiro atoms. The second-order valence-electron chi connectivity index (χ2n) is 4.24. The van der Waals surface area contributed by atoms with Crippen LogP contribution < -0.4 is 0 Å². The third kappa shape index (κ3) is 2.61. The van der Waals surface area contributed by atoms with E-state index in [0.29, 0.717) is 0 Å². The zero-order valence-corrected chi connectivity index (χ0v) is 9.61. The molecule has 0 saturated heterocycles. The molecule has 2 rings (SSSR count). The van der Waals surface area contributed by atoms with Crippen LogP contribution >= 0.6 is 0 Å². The molecule has 2 N–H and O–H groups in total. The van der Waals surface area contributed by atoms with Gasteiger partial charge in [0.25, 0.3) is 0 Å². The number of aliphatic hydroxyl groups is 1. The SMILES string of the molecule is CCCC(O)CCc1cc2cnccc2[nH]1. The summed E-state index contributed by atoms with van der Waals surface area (Å²) in [5.41, 5.74) is 2.30. The van der Waals surface area contributed by atoms with Crippen molar-refractivity contribution in [1.82, 2.24) is 9.97 Å². The molecule has 0 bridgehead atoms. The zero-order valence-electron chi connectivity index (χ0n) is 9.61. The van der Waals surface area contributed by atoms with Crippen LogP contribution in [0.25, 0.3) is 10.9 Å². The summed E-state index contributed by atoms with van der Waals surface area (Å²) in [6.07, 6.45) is 7.13. The number of aromatic amines is 1. The number of rotatable bonds is 5. The summed E-state index contributed by atoms with van der Waals surface area (Å²) >= 11 is 0. The topological polar surface area (TPSA) is 48.9 Å². The van der Waals surface area contributed by atoms with E-state index in [1.54, 1.807) is 6.20 Å². The molecule has 1 atom stereocenters. The standard InChI is InChI=1S/C13H18N2O/c1-2-3-12(16)5-4-11-8-10-9-14-7-6-13(10)15-11/h6-9,12,15-16H,2-5H2,1H3. The Hall–Kier alpha value is -1.35. The summed E-state index contributed by atoms with van der Waals surface area (Å²) in [6.45, 7) is 2.10. The Balaban J connectivity index is 1.99. The van der Waals surface area contributed by atoms with Gasteiger partial charge in [-0.15, -0.1) is 0 Å². The highest BCUT2D eigenvalue weighted by molar-refractivity contribution is 5.79. The molecule has 0 aromatic carbocycles. The molecule has 86 valence electrons. The fourth-order valence-corrected chi connectivity index (χ4v) is 1.97. The fraction of sp³-hybridized carbons (Fsp3) is 0.462. The summed E-state index contributed by atoms with van der Waals surface area (Å²) < 4.78 is 0. The second-order valence-corrected chi connectivity index (χ2v) is 4.24. The molecule has 0 saturated carbocycles. The van der Waals surface area contributed by atoms with Gasteiger partial charge in [0.15, 0.2) is 0 Å². The number of H-pyrrole nitrogens is 1. The average Bonchev–Trinajstić information content (AvgIpc) is 2.69.